The van der Waals surface area contributed by atoms with Crippen LogP contribution in [0, 0.1) is 5.82 Å². The van der Waals surface area contributed by atoms with Crippen LogP contribution in [0.3, 0.4) is 0 Å². The van der Waals surface area contributed by atoms with Crippen LogP contribution in [0.15, 0.2) is 49.3 Å². The van der Waals surface area contributed by atoms with Crippen molar-refractivity contribution >= 4 is 40.7 Å². The van der Waals surface area contributed by atoms with Crippen LogP contribution in [0.5, 0.6) is 5.75 Å². The molecule has 1 amide bonds. The van der Waals surface area contributed by atoms with Gasteiger partial charge in [-0.2, -0.15) is 4.98 Å². The number of fused-ring (bicyclic) bond motifs is 1. The SMILES string of the molecule is C=C1CNC(=O)c2cccc(Nc3ncnc(N4CC(Oc5ccc(Cl)cc5F)C4)n3)c21. The molecule has 2 aliphatic rings. The third-order valence-corrected chi connectivity index (χ3v) is 5.48. The fourth-order valence-corrected chi connectivity index (χ4v) is 3.80. The maximum Gasteiger partial charge on any atom is 0.252 e. The van der Waals surface area contributed by atoms with Gasteiger partial charge in [-0.25, -0.2) is 14.4 Å². The molecule has 1 aromatic heterocycles. The zero-order chi connectivity index (χ0) is 22.2. The van der Waals surface area contributed by atoms with Crippen molar-refractivity contribution in [2.45, 2.75) is 6.10 Å². The van der Waals surface area contributed by atoms with Gasteiger partial charge in [-0.05, 0) is 35.9 Å². The minimum atomic E-state index is -0.496. The van der Waals surface area contributed by atoms with Crippen LogP contribution < -0.4 is 20.3 Å². The Balaban J connectivity index is 1.28. The summed E-state index contributed by atoms with van der Waals surface area (Å²) in [6.07, 6.45) is 1.22. The van der Waals surface area contributed by atoms with Crippen LogP contribution in [0.1, 0.15) is 15.9 Å². The summed E-state index contributed by atoms with van der Waals surface area (Å²) in [5.41, 5.74) is 2.80. The molecule has 1 saturated heterocycles. The van der Waals surface area contributed by atoms with Gasteiger partial charge in [0.05, 0.1) is 13.1 Å². The Morgan fingerprint density at radius 2 is 2.09 bits per heavy atom. The first-order valence-electron chi connectivity index (χ1n) is 9.90. The fourth-order valence-electron chi connectivity index (χ4n) is 3.64. The minimum Gasteiger partial charge on any atom is -0.484 e. The van der Waals surface area contributed by atoms with E-state index in [4.69, 9.17) is 16.3 Å². The van der Waals surface area contributed by atoms with Gasteiger partial charge < -0.3 is 20.3 Å². The smallest absolute Gasteiger partial charge is 0.252 e. The number of rotatable bonds is 5. The highest BCUT2D eigenvalue weighted by Crippen LogP contribution is 2.31. The van der Waals surface area contributed by atoms with Crippen molar-refractivity contribution in [3.8, 4) is 5.75 Å². The standard InChI is InChI=1S/C22H18ClFN6O2/c1-12-8-25-20(31)15-3-2-4-17(19(12)15)28-21-26-11-27-22(29-21)30-9-14(10-30)32-18-6-5-13(23)7-16(18)24/h2-7,11,14H,1,8-10H2,(H,25,31)(H,26,27,28,29). The Bertz CT molecular complexity index is 1230. The summed E-state index contributed by atoms with van der Waals surface area (Å²) < 4.78 is 19.6. The molecule has 0 radical (unpaired) electrons. The van der Waals surface area contributed by atoms with E-state index in [0.717, 1.165) is 11.1 Å². The third-order valence-electron chi connectivity index (χ3n) is 5.25. The number of ether oxygens (including phenoxy) is 1. The first-order valence-corrected chi connectivity index (χ1v) is 10.3. The van der Waals surface area contributed by atoms with E-state index in [9.17, 15) is 9.18 Å². The molecule has 0 spiro atoms. The van der Waals surface area contributed by atoms with E-state index in [1.165, 1.54) is 18.5 Å². The van der Waals surface area contributed by atoms with Gasteiger partial charge in [-0.1, -0.05) is 24.2 Å². The van der Waals surface area contributed by atoms with E-state index in [1.54, 1.807) is 18.2 Å². The maximum absolute atomic E-state index is 13.9. The molecule has 0 atom stereocenters. The fraction of sp³-hybridized carbons (Fsp3) is 0.182. The molecule has 32 heavy (non-hydrogen) atoms. The molecule has 1 fully saturated rings. The van der Waals surface area contributed by atoms with Gasteiger partial charge in [0.25, 0.3) is 5.91 Å². The molecule has 2 aromatic carbocycles. The molecule has 2 aliphatic heterocycles. The number of nitrogens with zero attached hydrogens (tertiary/aromatic N) is 4. The summed E-state index contributed by atoms with van der Waals surface area (Å²) in [6.45, 7) is 5.44. The molecule has 10 heteroatoms. The first-order chi connectivity index (χ1) is 15.5. The van der Waals surface area contributed by atoms with Crippen molar-refractivity contribution in [2.24, 2.45) is 0 Å². The molecule has 162 valence electrons. The molecule has 3 aromatic rings. The van der Waals surface area contributed by atoms with Gasteiger partial charge in [0, 0.05) is 28.4 Å². The van der Waals surface area contributed by atoms with E-state index < -0.39 is 5.82 Å². The summed E-state index contributed by atoms with van der Waals surface area (Å²) in [6, 6.07) is 9.70. The molecule has 3 heterocycles. The second kappa shape index (κ2) is 8.08. The first kappa shape index (κ1) is 20.2. The summed E-state index contributed by atoms with van der Waals surface area (Å²) in [5, 5.41) is 6.28. The summed E-state index contributed by atoms with van der Waals surface area (Å²) >= 11 is 5.77. The summed E-state index contributed by atoms with van der Waals surface area (Å²) in [7, 11) is 0. The number of halogens is 2. The summed E-state index contributed by atoms with van der Waals surface area (Å²) in [5.74, 6) is 0.339. The predicted octanol–water partition coefficient (Wildman–Crippen LogP) is 3.43. The number of carbonyl (C=O) groups excluding carboxylic acids is 1. The van der Waals surface area contributed by atoms with Crippen LogP contribution >= 0.6 is 11.6 Å². The Kier molecular flexibility index (Phi) is 5.10. The highest BCUT2D eigenvalue weighted by molar-refractivity contribution is 6.30. The minimum absolute atomic E-state index is 0.142. The molecular weight excluding hydrogens is 435 g/mol. The number of carbonyl (C=O) groups is 1. The van der Waals surface area contributed by atoms with E-state index >= 15 is 0 Å². The molecule has 8 nitrogen and oxygen atoms in total. The van der Waals surface area contributed by atoms with Crippen LogP contribution in [0.4, 0.5) is 22.0 Å². The number of hydrogen-bond donors (Lipinski definition) is 2. The van der Waals surface area contributed by atoms with Gasteiger partial charge in [0.2, 0.25) is 11.9 Å². The van der Waals surface area contributed by atoms with Gasteiger partial charge >= 0.3 is 0 Å². The Labute approximate surface area is 188 Å². The highest BCUT2D eigenvalue weighted by Gasteiger charge is 2.31. The average molecular weight is 453 g/mol. The molecule has 2 N–H and O–H groups in total. The monoisotopic (exact) mass is 452 g/mol. The summed E-state index contributed by atoms with van der Waals surface area (Å²) in [4.78, 5) is 26.9. The predicted molar refractivity (Wildman–Crippen MR) is 119 cm³/mol. The molecule has 0 saturated carbocycles. The van der Waals surface area contributed by atoms with Crippen molar-refractivity contribution in [3.63, 3.8) is 0 Å². The zero-order valence-corrected chi connectivity index (χ0v) is 17.6. The van der Waals surface area contributed by atoms with Crippen molar-refractivity contribution in [1.82, 2.24) is 20.3 Å². The van der Waals surface area contributed by atoms with Gasteiger partial charge in [-0.3, -0.25) is 4.79 Å². The molecule has 0 unspecified atom stereocenters. The zero-order valence-electron chi connectivity index (χ0n) is 16.8. The lowest BCUT2D eigenvalue weighted by Gasteiger charge is -2.38. The van der Waals surface area contributed by atoms with Gasteiger partial charge in [0.1, 0.15) is 12.4 Å². The molecule has 0 aliphatic carbocycles. The Hall–Kier alpha value is -3.72. The lowest BCUT2D eigenvalue weighted by molar-refractivity contribution is 0.0955. The van der Waals surface area contributed by atoms with E-state index in [0.29, 0.717) is 47.8 Å². The van der Waals surface area contributed by atoms with Crippen molar-refractivity contribution in [3.05, 3.63) is 71.3 Å². The van der Waals surface area contributed by atoms with Crippen LogP contribution in [-0.2, 0) is 0 Å². The third kappa shape index (κ3) is 3.82. The number of amides is 1. The van der Waals surface area contributed by atoms with Gasteiger partial charge in [0.15, 0.2) is 11.6 Å². The molecule has 5 rings (SSSR count). The number of aromatic nitrogens is 3. The second-order valence-corrected chi connectivity index (χ2v) is 7.90. The van der Waals surface area contributed by atoms with Crippen molar-refractivity contribution in [2.75, 3.05) is 29.9 Å². The average Bonchev–Trinajstić information content (AvgIpc) is 2.74. The number of anilines is 3. The van der Waals surface area contributed by atoms with E-state index in [2.05, 4.69) is 32.2 Å². The van der Waals surface area contributed by atoms with E-state index in [1.807, 2.05) is 11.0 Å². The number of hydrogen-bond acceptors (Lipinski definition) is 7. The van der Waals surface area contributed by atoms with Crippen LogP contribution in [-0.4, -0.2) is 46.6 Å². The molecular formula is C22H18ClFN6O2. The quantitative estimate of drug-likeness (QED) is 0.612. The maximum atomic E-state index is 13.9. The lowest BCUT2D eigenvalue weighted by atomic mass is 9.95. The second-order valence-electron chi connectivity index (χ2n) is 7.47. The van der Waals surface area contributed by atoms with Crippen molar-refractivity contribution in [1.29, 1.82) is 0 Å². The topological polar surface area (TPSA) is 92.3 Å². The van der Waals surface area contributed by atoms with Crippen molar-refractivity contribution < 1.29 is 13.9 Å². The number of nitrogens with one attached hydrogen (secondary N) is 2. The number of benzene rings is 2. The van der Waals surface area contributed by atoms with Crippen LogP contribution in [0.25, 0.3) is 5.57 Å². The Morgan fingerprint density at radius 3 is 2.91 bits per heavy atom. The highest BCUT2D eigenvalue weighted by atomic mass is 35.5. The van der Waals surface area contributed by atoms with E-state index in [-0.39, 0.29) is 17.8 Å². The van der Waals surface area contributed by atoms with Crippen LogP contribution in [0.2, 0.25) is 5.02 Å². The molecule has 0 bridgehead atoms. The van der Waals surface area contributed by atoms with Gasteiger partial charge in [-0.15, -0.1) is 0 Å². The lowest BCUT2D eigenvalue weighted by Crippen LogP contribution is -2.54. The normalized spacial score (nSPS) is 15.6. The Morgan fingerprint density at radius 1 is 1.25 bits per heavy atom. The largest absolute Gasteiger partial charge is 0.484 e.